The van der Waals surface area contributed by atoms with E-state index < -0.39 is 11.8 Å². The highest BCUT2D eigenvalue weighted by molar-refractivity contribution is 5.98. The van der Waals surface area contributed by atoms with E-state index in [4.69, 9.17) is 10.4 Å². The van der Waals surface area contributed by atoms with Crippen molar-refractivity contribution in [3.05, 3.63) is 40.8 Å². The number of nitrogens with one attached hydrogen (secondary N) is 1. The molecule has 4 nitrogen and oxygen atoms in total. The standard InChI is InChI=1S/C14H11FN2O2/c1-2-8(14(18)19)5-9-7-17-13-10(9)3-4-12(15)11(13)6-16/h3-5,7,17H,2H2,1H3,(H,18,19). The average Bonchev–Trinajstić information content (AvgIpc) is 2.78. The van der Waals surface area contributed by atoms with Crippen LogP contribution < -0.4 is 0 Å². The number of rotatable bonds is 3. The molecule has 0 unspecified atom stereocenters. The highest BCUT2D eigenvalue weighted by Crippen LogP contribution is 2.25. The van der Waals surface area contributed by atoms with Crippen LogP contribution in [0.25, 0.3) is 17.0 Å². The highest BCUT2D eigenvalue weighted by atomic mass is 19.1. The van der Waals surface area contributed by atoms with Crippen LogP contribution in [0.15, 0.2) is 23.9 Å². The van der Waals surface area contributed by atoms with Gasteiger partial charge < -0.3 is 10.1 Å². The van der Waals surface area contributed by atoms with Gasteiger partial charge in [-0.05, 0) is 24.6 Å². The number of aliphatic carboxylic acids is 1. The second kappa shape index (κ2) is 4.94. The number of hydrogen-bond donors (Lipinski definition) is 2. The molecule has 5 heteroatoms. The van der Waals surface area contributed by atoms with E-state index in [1.165, 1.54) is 18.2 Å². The highest BCUT2D eigenvalue weighted by Gasteiger charge is 2.12. The number of carboxylic acids is 1. The number of aromatic nitrogens is 1. The van der Waals surface area contributed by atoms with Crippen molar-refractivity contribution in [3.8, 4) is 6.07 Å². The first-order valence-electron chi connectivity index (χ1n) is 5.72. The first-order chi connectivity index (χ1) is 9.08. The Balaban J connectivity index is 2.66. The van der Waals surface area contributed by atoms with Gasteiger partial charge in [0, 0.05) is 22.7 Å². The number of nitriles is 1. The van der Waals surface area contributed by atoms with Gasteiger partial charge in [-0.25, -0.2) is 9.18 Å². The minimum atomic E-state index is -0.987. The molecular weight excluding hydrogens is 247 g/mol. The lowest BCUT2D eigenvalue weighted by atomic mass is 10.1. The van der Waals surface area contributed by atoms with Gasteiger partial charge >= 0.3 is 5.97 Å². The summed E-state index contributed by atoms with van der Waals surface area (Å²) in [6, 6.07) is 4.54. The molecule has 2 N–H and O–H groups in total. The molecule has 0 bridgehead atoms. The molecule has 0 atom stereocenters. The van der Waals surface area contributed by atoms with Crippen LogP contribution in [0.3, 0.4) is 0 Å². The van der Waals surface area contributed by atoms with Gasteiger partial charge in [-0.3, -0.25) is 0 Å². The van der Waals surface area contributed by atoms with Crippen LogP contribution in [0.2, 0.25) is 0 Å². The minimum absolute atomic E-state index is 0.0643. The quantitative estimate of drug-likeness (QED) is 0.830. The molecular formula is C14H11FN2O2. The van der Waals surface area contributed by atoms with E-state index in [1.54, 1.807) is 19.2 Å². The summed E-state index contributed by atoms with van der Waals surface area (Å²) < 4.78 is 13.4. The third-order valence-electron chi connectivity index (χ3n) is 2.93. The van der Waals surface area contributed by atoms with Gasteiger partial charge in [0.2, 0.25) is 0 Å². The zero-order chi connectivity index (χ0) is 14.0. The van der Waals surface area contributed by atoms with Crippen LogP contribution in [0, 0.1) is 17.1 Å². The van der Waals surface area contributed by atoms with Crippen LogP contribution in [0.4, 0.5) is 4.39 Å². The van der Waals surface area contributed by atoms with E-state index in [0.29, 0.717) is 22.9 Å². The molecule has 0 fully saturated rings. The molecule has 1 aromatic heterocycles. The molecule has 0 aliphatic heterocycles. The Morgan fingerprint density at radius 1 is 1.58 bits per heavy atom. The number of aromatic amines is 1. The molecule has 2 aromatic rings. The van der Waals surface area contributed by atoms with Gasteiger partial charge in [0.15, 0.2) is 0 Å². The van der Waals surface area contributed by atoms with Crippen molar-refractivity contribution >= 4 is 22.9 Å². The van der Waals surface area contributed by atoms with E-state index in [0.717, 1.165) is 0 Å². The first-order valence-corrected chi connectivity index (χ1v) is 5.72. The number of benzene rings is 1. The number of fused-ring (bicyclic) bond motifs is 1. The Morgan fingerprint density at radius 3 is 2.89 bits per heavy atom. The predicted octanol–water partition coefficient (Wildman–Crippen LogP) is 3.06. The fourth-order valence-electron chi connectivity index (χ4n) is 1.93. The van der Waals surface area contributed by atoms with E-state index in [-0.39, 0.29) is 11.1 Å². The predicted molar refractivity (Wildman–Crippen MR) is 68.9 cm³/mol. The van der Waals surface area contributed by atoms with Gasteiger partial charge in [-0.1, -0.05) is 6.92 Å². The molecule has 96 valence electrons. The molecule has 1 heterocycles. The molecule has 0 radical (unpaired) electrons. The number of nitrogens with zero attached hydrogens (tertiary/aromatic N) is 1. The van der Waals surface area contributed by atoms with E-state index >= 15 is 0 Å². The smallest absolute Gasteiger partial charge is 0.331 e. The largest absolute Gasteiger partial charge is 0.478 e. The minimum Gasteiger partial charge on any atom is -0.478 e. The molecule has 0 amide bonds. The van der Waals surface area contributed by atoms with Gasteiger partial charge in [0.25, 0.3) is 0 Å². The monoisotopic (exact) mass is 258 g/mol. The van der Waals surface area contributed by atoms with Crippen molar-refractivity contribution < 1.29 is 14.3 Å². The normalized spacial score (nSPS) is 11.5. The Bertz CT molecular complexity index is 723. The van der Waals surface area contributed by atoms with Crippen LogP contribution in [-0.2, 0) is 4.79 Å². The molecule has 1 aromatic carbocycles. The molecule has 0 spiro atoms. The third-order valence-corrected chi connectivity index (χ3v) is 2.93. The summed E-state index contributed by atoms with van der Waals surface area (Å²) in [5.41, 5.74) is 1.20. The van der Waals surface area contributed by atoms with Gasteiger partial charge in [-0.15, -0.1) is 0 Å². The van der Waals surface area contributed by atoms with E-state index in [1.807, 2.05) is 0 Å². The summed E-state index contributed by atoms with van der Waals surface area (Å²) in [7, 11) is 0. The second-order valence-electron chi connectivity index (χ2n) is 4.03. The Kier molecular flexibility index (Phi) is 3.34. The lowest BCUT2D eigenvalue weighted by molar-refractivity contribution is -0.132. The average molecular weight is 258 g/mol. The number of carbonyl (C=O) groups is 1. The number of H-pyrrole nitrogens is 1. The Hall–Kier alpha value is -2.61. The van der Waals surface area contributed by atoms with Crippen molar-refractivity contribution in [1.29, 1.82) is 5.26 Å². The summed E-state index contributed by atoms with van der Waals surface area (Å²) in [6.45, 7) is 1.75. The van der Waals surface area contributed by atoms with Crippen molar-refractivity contribution in [1.82, 2.24) is 4.98 Å². The SMILES string of the molecule is CCC(=Cc1c[nH]c2c(C#N)c(F)ccc12)C(=O)O. The lowest BCUT2D eigenvalue weighted by Crippen LogP contribution is -1.98. The maximum absolute atomic E-state index is 13.4. The summed E-state index contributed by atoms with van der Waals surface area (Å²) in [5, 5.41) is 18.6. The molecule has 19 heavy (non-hydrogen) atoms. The van der Waals surface area contributed by atoms with E-state index in [9.17, 15) is 9.18 Å². The number of halogens is 1. The van der Waals surface area contributed by atoms with E-state index in [2.05, 4.69) is 4.98 Å². The zero-order valence-corrected chi connectivity index (χ0v) is 10.2. The van der Waals surface area contributed by atoms with Crippen LogP contribution >= 0.6 is 0 Å². The molecule has 0 aliphatic carbocycles. The van der Waals surface area contributed by atoms with Crippen molar-refractivity contribution in [3.63, 3.8) is 0 Å². The topological polar surface area (TPSA) is 76.9 Å². The maximum Gasteiger partial charge on any atom is 0.331 e. The Morgan fingerprint density at radius 2 is 2.32 bits per heavy atom. The van der Waals surface area contributed by atoms with Crippen molar-refractivity contribution in [2.75, 3.05) is 0 Å². The molecule has 2 rings (SSSR count). The fraction of sp³-hybridized carbons (Fsp3) is 0.143. The summed E-state index contributed by atoms with van der Waals surface area (Å²) in [4.78, 5) is 13.8. The second-order valence-corrected chi connectivity index (χ2v) is 4.03. The van der Waals surface area contributed by atoms with Crippen molar-refractivity contribution in [2.45, 2.75) is 13.3 Å². The van der Waals surface area contributed by atoms with Crippen LogP contribution in [0.5, 0.6) is 0 Å². The summed E-state index contributed by atoms with van der Waals surface area (Å²) >= 11 is 0. The van der Waals surface area contributed by atoms with Gasteiger partial charge in [0.1, 0.15) is 17.4 Å². The molecule has 0 saturated carbocycles. The third kappa shape index (κ3) is 2.20. The van der Waals surface area contributed by atoms with Crippen LogP contribution in [0.1, 0.15) is 24.5 Å². The number of carboxylic acid groups (broad SMARTS) is 1. The van der Waals surface area contributed by atoms with Crippen molar-refractivity contribution in [2.24, 2.45) is 0 Å². The van der Waals surface area contributed by atoms with Gasteiger partial charge in [-0.2, -0.15) is 5.26 Å². The molecule has 0 aliphatic rings. The van der Waals surface area contributed by atoms with Gasteiger partial charge in [0.05, 0.1) is 5.52 Å². The van der Waals surface area contributed by atoms with Crippen LogP contribution in [-0.4, -0.2) is 16.1 Å². The Labute approximate surface area is 108 Å². The first kappa shape index (κ1) is 12.8. The fourth-order valence-corrected chi connectivity index (χ4v) is 1.93. The summed E-state index contributed by atoms with van der Waals surface area (Å²) in [5.74, 6) is -1.58. The lowest BCUT2D eigenvalue weighted by Gasteiger charge is -1.99. The number of hydrogen-bond acceptors (Lipinski definition) is 2. The molecule has 0 saturated heterocycles. The summed E-state index contributed by atoms with van der Waals surface area (Å²) in [6.07, 6.45) is 3.48. The zero-order valence-electron chi connectivity index (χ0n) is 10.2. The maximum atomic E-state index is 13.4.